The maximum Gasteiger partial charge on any atom is 0.339 e. The first kappa shape index (κ1) is 19.1. The van der Waals surface area contributed by atoms with Crippen LogP contribution in [0.25, 0.3) is 0 Å². The number of nitrogens with zero attached hydrogens (tertiary/aromatic N) is 2. The minimum atomic E-state index is -2.57. The Morgan fingerprint density at radius 1 is 1.23 bits per heavy atom. The summed E-state index contributed by atoms with van der Waals surface area (Å²) >= 11 is 0. The van der Waals surface area contributed by atoms with Crippen molar-refractivity contribution < 1.29 is 34.7 Å². The topological polar surface area (TPSA) is 150 Å². The molecule has 0 amide bonds. The van der Waals surface area contributed by atoms with Gasteiger partial charge in [0.25, 0.3) is 5.69 Å². The van der Waals surface area contributed by atoms with Gasteiger partial charge in [-0.05, 0) is 13.8 Å². The van der Waals surface area contributed by atoms with Crippen LogP contribution in [0.15, 0.2) is 46.8 Å². The summed E-state index contributed by atoms with van der Waals surface area (Å²) in [6, 6.07) is 4.60. The molecule has 0 fully saturated rings. The summed E-state index contributed by atoms with van der Waals surface area (Å²) in [5, 5.41) is 42.6. The minimum absolute atomic E-state index is 0.173. The molecule has 1 atom stereocenters. The van der Waals surface area contributed by atoms with E-state index in [1.807, 2.05) is 0 Å². The largest absolute Gasteiger partial charge is 0.478 e. The van der Waals surface area contributed by atoms with Crippen molar-refractivity contribution in [1.82, 2.24) is 5.06 Å². The zero-order valence-electron chi connectivity index (χ0n) is 14.1. The third kappa shape index (κ3) is 2.70. The van der Waals surface area contributed by atoms with Crippen molar-refractivity contribution in [3.8, 4) is 0 Å². The summed E-state index contributed by atoms with van der Waals surface area (Å²) in [7, 11) is 1.02. The number of hydrogen-bond donors (Lipinski definition) is 3. The maximum absolute atomic E-state index is 12.3. The fourth-order valence-electron chi connectivity index (χ4n) is 2.95. The Hall–Kier alpha value is -3.24. The highest BCUT2D eigenvalue weighted by Gasteiger charge is 2.51. The third-order valence-electron chi connectivity index (χ3n) is 4.16. The van der Waals surface area contributed by atoms with E-state index in [0.29, 0.717) is 5.06 Å². The smallest absolute Gasteiger partial charge is 0.339 e. The highest BCUT2D eigenvalue weighted by atomic mass is 16.6. The molecule has 0 saturated carbocycles. The zero-order chi connectivity index (χ0) is 19.8. The summed E-state index contributed by atoms with van der Waals surface area (Å²) in [4.78, 5) is 34.4. The molecule has 1 aromatic rings. The highest BCUT2D eigenvalue weighted by Crippen LogP contribution is 2.45. The molecular weight excluding hydrogens is 348 g/mol. The van der Waals surface area contributed by atoms with Crippen LogP contribution in [0.5, 0.6) is 0 Å². The number of hydroxylamine groups is 2. The van der Waals surface area contributed by atoms with Gasteiger partial charge in [0.2, 0.25) is 0 Å². The fourth-order valence-corrected chi connectivity index (χ4v) is 2.95. The Balaban J connectivity index is 2.92. The van der Waals surface area contributed by atoms with Crippen molar-refractivity contribution in [3.63, 3.8) is 0 Å². The number of rotatable bonds is 4. The van der Waals surface area contributed by atoms with E-state index in [4.69, 9.17) is 0 Å². The van der Waals surface area contributed by atoms with Gasteiger partial charge in [-0.15, -0.1) is 0 Å². The van der Waals surface area contributed by atoms with E-state index in [1.54, 1.807) is 0 Å². The number of nitro benzene ring substituents is 1. The summed E-state index contributed by atoms with van der Waals surface area (Å²) < 4.78 is 4.62. The minimum Gasteiger partial charge on any atom is -0.478 e. The summed E-state index contributed by atoms with van der Waals surface area (Å²) in [5.41, 5.74) is -4.93. The normalized spacial score (nSPS) is 20.3. The van der Waals surface area contributed by atoms with Crippen LogP contribution in [0, 0.1) is 10.1 Å². The van der Waals surface area contributed by atoms with Gasteiger partial charge >= 0.3 is 11.9 Å². The van der Waals surface area contributed by atoms with Crippen LogP contribution in [0.1, 0.15) is 19.4 Å². The van der Waals surface area contributed by atoms with E-state index in [1.165, 1.54) is 26.0 Å². The average Bonchev–Trinajstić information content (AvgIpc) is 2.59. The molecule has 2 rings (SSSR count). The quantitative estimate of drug-likeness (QED) is 0.408. The second-order valence-corrected chi connectivity index (χ2v) is 5.55. The van der Waals surface area contributed by atoms with Crippen molar-refractivity contribution in [2.24, 2.45) is 0 Å². The number of ether oxygens (including phenoxy) is 1. The molecule has 0 aliphatic carbocycles. The molecule has 0 saturated heterocycles. The highest BCUT2D eigenvalue weighted by molar-refractivity contribution is 6.00. The van der Waals surface area contributed by atoms with E-state index in [0.717, 1.165) is 19.2 Å². The molecule has 1 unspecified atom stereocenters. The summed E-state index contributed by atoms with van der Waals surface area (Å²) in [6.07, 6.45) is 0. The summed E-state index contributed by atoms with van der Waals surface area (Å²) in [6.45, 7) is 2.50. The van der Waals surface area contributed by atoms with Crippen LogP contribution in [0.3, 0.4) is 0 Å². The lowest BCUT2D eigenvalue weighted by Gasteiger charge is -2.39. The molecule has 0 bridgehead atoms. The van der Waals surface area contributed by atoms with E-state index in [2.05, 4.69) is 4.74 Å². The number of esters is 1. The average molecular weight is 364 g/mol. The van der Waals surface area contributed by atoms with Crippen LogP contribution in [-0.2, 0) is 19.9 Å². The van der Waals surface area contributed by atoms with E-state index in [-0.39, 0.29) is 17.0 Å². The standard InChI is InChI=1S/C16H16N2O8/c1-8-12(14(19)20)16(22,10-5-4-6-11(7-10)18(24)25)13(15(21)26-3)9(2)17(8)23/h4-7,22-23H,1-3H3,(H,19,20). The maximum atomic E-state index is 12.3. The SMILES string of the molecule is COC(=O)C1=C(C)N(O)C(C)=C(C(=O)O)C1(O)c1cccc([N+](=O)[O-])c1. The fraction of sp³-hybridized carbons (Fsp3) is 0.250. The Morgan fingerprint density at radius 2 is 1.81 bits per heavy atom. The van der Waals surface area contributed by atoms with Crippen molar-refractivity contribution in [3.05, 3.63) is 62.5 Å². The Morgan fingerprint density at radius 3 is 2.31 bits per heavy atom. The number of aliphatic carboxylic acids is 1. The van der Waals surface area contributed by atoms with Crippen LogP contribution >= 0.6 is 0 Å². The van der Waals surface area contributed by atoms with Crippen LogP contribution in [-0.4, -0.2) is 44.5 Å². The second kappa shape index (κ2) is 6.58. The lowest BCUT2D eigenvalue weighted by atomic mass is 9.75. The van der Waals surface area contributed by atoms with Gasteiger partial charge in [-0.1, -0.05) is 12.1 Å². The molecule has 26 heavy (non-hydrogen) atoms. The van der Waals surface area contributed by atoms with E-state index < -0.39 is 39.3 Å². The number of methoxy groups -OCH3 is 1. The molecular formula is C16H16N2O8. The monoisotopic (exact) mass is 364 g/mol. The molecule has 0 radical (unpaired) electrons. The molecule has 3 N–H and O–H groups in total. The molecule has 0 spiro atoms. The number of carboxylic acids is 1. The first-order valence-electron chi connectivity index (χ1n) is 7.28. The third-order valence-corrected chi connectivity index (χ3v) is 4.16. The van der Waals surface area contributed by atoms with Gasteiger partial charge < -0.3 is 14.9 Å². The van der Waals surface area contributed by atoms with Gasteiger partial charge in [-0.3, -0.25) is 15.3 Å². The first-order chi connectivity index (χ1) is 12.1. The van der Waals surface area contributed by atoms with Gasteiger partial charge in [0.05, 0.1) is 34.6 Å². The van der Waals surface area contributed by atoms with Gasteiger partial charge in [-0.2, -0.15) is 0 Å². The number of allylic oxidation sites excluding steroid dienone is 2. The van der Waals surface area contributed by atoms with Gasteiger partial charge in [0.15, 0.2) is 5.60 Å². The Labute approximate surface area is 147 Å². The second-order valence-electron chi connectivity index (χ2n) is 5.55. The van der Waals surface area contributed by atoms with Crippen molar-refractivity contribution in [1.29, 1.82) is 0 Å². The number of benzene rings is 1. The lowest BCUT2D eigenvalue weighted by molar-refractivity contribution is -0.385. The molecule has 1 aliphatic rings. The van der Waals surface area contributed by atoms with Gasteiger partial charge in [0.1, 0.15) is 0 Å². The van der Waals surface area contributed by atoms with Crippen LogP contribution < -0.4 is 0 Å². The predicted molar refractivity (Wildman–Crippen MR) is 85.7 cm³/mol. The van der Waals surface area contributed by atoms with Crippen LogP contribution in [0.2, 0.25) is 0 Å². The van der Waals surface area contributed by atoms with Crippen molar-refractivity contribution >= 4 is 17.6 Å². The molecule has 10 heteroatoms. The van der Waals surface area contributed by atoms with Crippen LogP contribution in [0.4, 0.5) is 5.69 Å². The number of carbonyl (C=O) groups is 2. The number of hydrogen-bond acceptors (Lipinski definition) is 8. The first-order valence-corrected chi connectivity index (χ1v) is 7.28. The van der Waals surface area contributed by atoms with E-state index >= 15 is 0 Å². The van der Waals surface area contributed by atoms with Gasteiger partial charge in [0, 0.05) is 17.7 Å². The molecule has 1 aromatic carbocycles. The number of non-ortho nitro benzene ring substituents is 1. The summed E-state index contributed by atoms with van der Waals surface area (Å²) in [5.74, 6) is -2.72. The molecule has 1 heterocycles. The zero-order valence-corrected chi connectivity index (χ0v) is 14.1. The lowest BCUT2D eigenvalue weighted by Crippen LogP contribution is -2.45. The van der Waals surface area contributed by atoms with Crippen molar-refractivity contribution in [2.75, 3.05) is 7.11 Å². The molecule has 10 nitrogen and oxygen atoms in total. The predicted octanol–water partition coefficient (Wildman–Crippen LogP) is 1.29. The number of aliphatic hydroxyl groups is 1. The molecule has 138 valence electrons. The van der Waals surface area contributed by atoms with Crippen molar-refractivity contribution in [2.45, 2.75) is 19.4 Å². The number of carboxylic acid groups (broad SMARTS) is 1. The Bertz CT molecular complexity index is 873. The number of carbonyl (C=O) groups excluding carboxylic acids is 1. The number of nitro groups is 1. The molecule has 0 aromatic heterocycles. The Kier molecular flexibility index (Phi) is 4.83. The van der Waals surface area contributed by atoms with E-state index in [9.17, 15) is 35.1 Å². The van der Waals surface area contributed by atoms with Gasteiger partial charge in [-0.25, -0.2) is 14.7 Å². The molecule has 1 aliphatic heterocycles.